The predicted molar refractivity (Wildman–Crippen MR) is 109 cm³/mol. The van der Waals surface area contributed by atoms with Gasteiger partial charge in [-0.2, -0.15) is 5.10 Å². The number of thiophene rings is 1. The first-order valence-electron chi connectivity index (χ1n) is 8.45. The molecular weight excluding hydrogens is 380 g/mol. The van der Waals surface area contributed by atoms with Crippen LogP contribution in [0.25, 0.3) is 10.2 Å². The van der Waals surface area contributed by atoms with Crippen LogP contribution in [0.4, 0.5) is 0 Å². The van der Waals surface area contributed by atoms with Crippen molar-refractivity contribution in [3.8, 4) is 11.5 Å². The third-order valence-corrected chi connectivity index (χ3v) is 5.29. The molecule has 2 heterocycles. The number of carbonyl (C=O) groups is 1. The molecule has 0 radical (unpaired) electrons. The van der Waals surface area contributed by atoms with E-state index in [1.807, 2.05) is 13.8 Å². The molecule has 2 N–H and O–H groups in total. The lowest BCUT2D eigenvalue weighted by Crippen LogP contribution is -2.23. The van der Waals surface area contributed by atoms with Gasteiger partial charge >= 0.3 is 0 Å². The fraction of sp³-hybridized carbons (Fsp3) is 0.263. The van der Waals surface area contributed by atoms with Crippen LogP contribution in [0.3, 0.4) is 0 Å². The van der Waals surface area contributed by atoms with Crippen molar-refractivity contribution in [3.05, 3.63) is 50.4 Å². The van der Waals surface area contributed by atoms with Gasteiger partial charge in [0.05, 0.1) is 32.2 Å². The standard InChI is InChI=1S/C19H20N4O4S/c1-10-11(2)28-19-17(10)18(25)21-15(22-19)8-16(24)23-20-9-12-5-13(26-3)7-14(6-12)27-4/h5-7,9H,8H2,1-4H3,(H,23,24)(H,21,22,25)/b20-9-. The van der Waals surface area contributed by atoms with Crippen LogP contribution in [0.15, 0.2) is 28.1 Å². The zero-order valence-electron chi connectivity index (χ0n) is 16.0. The molecule has 0 aliphatic heterocycles. The molecule has 0 saturated carbocycles. The van der Waals surface area contributed by atoms with E-state index in [1.165, 1.54) is 17.6 Å². The molecule has 8 nitrogen and oxygen atoms in total. The first-order chi connectivity index (χ1) is 13.4. The minimum Gasteiger partial charge on any atom is -0.497 e. The molecule has 0 fully saturated rings. The van der Waals surface area contributed by atoms with Crippen LogP contribution in [-0.2, 0) is 11.2 Å². The normalized spacial score (nSPS) is 11.1. The fourth-order valence-corrected chi connectivity index (χ4v) is 3.71. The minimum absolute atomic E-state index is 0.0834. The number of hydrazone groups is 1. The smallest absolute Gasteiger partial charge is 0.259 e. The Morgan fingerprint density at radius 1 is 1.25 bits per heavy atom. The van der Waals surface area contributed by atoms with Crippen molar-refractivity contribution in [2.75, 3.05) is 14.2 Å². The molecule has 28 heavy (non-hydrogen) atoms. The van der Waals surface area contributed by atoms with Gasteiger partial charge in [0.1, 0.15) is 22.2 Å². The number of H-pyrrole nitrogens is 1. The molecule has 0 unspecified atom stereocenters. The molecule has 0 aliphatic carbocycles. The van der Waals surface area contributed by atoms with Gasteiger partial charge in [0.15, 0.2) is 0 Å². The third kappa shape index (κ3) is 4.20. The summed E-state index contributed by atoms with van der Waals surface area (Å²) < 4.78 is 10.4. The molecule has 0 atom stereocenters. The van der Waals surface area contributed by atoms with Crippen molar-refractivity contribution in [1.29, 1.82) is 0 Å². The molecule has 3 aromatic rings. The van der Waals surface area contributed by atoms with Crippen LogP contribution in [0.5, 0.6) is 11.5 Å². The number of carbonyl (C=O) groups excluding carboxylic acids is 1. The molecule has 1 aromatic carbocycles. The number of nitrogens with zero attached hydrogens (tertiary/aromatic N) is 2. The average molecular weight is 400 g/mol. The molecule has 0 bridgehead atoms. The predicted octanol–water partition coefficient (Wildman–Crippen LogP) is 2.31. The summed E-state index contributed by atoms with van der Waals surface area (Å²) in [5, 5.41) is 4.52. The highest BCUT2D eigenvalue weighted by Crippen LogP contribution is 2.25. The number of benzene rings is 1. The van der Waals surface area contributed by atoms with E-state index in [1.54, 1.807) is 32.4 Å². The topological polar surface area (TPSA) is 106 Å². The molecule has 9 heteroatoms. The van der Waals surface area contributed by atoms with Crippen molar-refractivity contribution in [2.24, 2.45) is 5.10 Å². The number of fused-ring (bicyclic) bond motifs is 1. The van der Waals surface area contributed by atoms with Crippen LogP contribution in [0.2, 0.25) is 0 Å². The van der Waals surface area contributed by atoms with Gasteiger partial charge in [-0.25, -0.2) is 10.4 Å². The maximum atomic E-state index is 12.3. The second-order valence-corrected chi connectivity index (χ2v) is 7.30. The van der Waals surface area contributed by atoms with Crippen molar-refractivity contribution in [3.63, 3.8) is 0 Å². The van der Waals surface area contributed by atoms with E-state index in [0.29, 0.717) is 33.1 Å². The van der Waals surface area contributed by atoms with Crippen LogP contribution in [0.1, 0.15) is 21.8 Å². The van der Waals surface area contributed by atoms with Gasteiger partial charge in [-0.1, -0.05) is 0 Å². The Kier molecular flexibility index (Phi) is 5.74. The van der Waals surface area contributed by atoms with Gasteiger partial charge in [0.25, 0.3) is 5.56 Å². The Labute approximate surface area is 165 Å². The Morgan fingerprint density at radius 2 is 1.93 bits per heavy atom. The van der Waals surface area contributed by atoms with Gasteiger partial charge in [-0.3, -0.25) is 9.59 Å². The molecule has 0 spiro atoms. The number of rotatable bonds is 6. The molecule has 146 valence electrons. The summed E-state index contributed by atoms with van der Waals surface area (Å²) in [6.07, 6.45) is 1.40. The van der Waals surface area contributed by atoms with E-state index in [2.05, 4.69) is 20.5 Å². The second-order valence-electron chi connectivity index (χ2n) is 6.09. The number of aryl methyl sites for hydroxylation is 2. The lowest BCUT2D eigenvalue weighted by atomic mass is 10.2. The lowest BCUT2D eigenvalue weighted by Gasteiger charge is -2.05. The lowest BCUT2D eigenvalue weighted by molar-refractivity contribution is -0.120. The van der Waals surface area contributed by atoms with Gasteiger partial charge in [-0.15, -0.1) is 11.3 Å². The van der Waals surface area contributed by atoms with Crippen LogP contribution >= 0.6 is 11.3 Å². The minimum atomic E-state index is -0.390. The summed E-state index contributed by atoms with van der Waals surface area (Å²) in [6, 6.07) is 5.25. The number of methoxy groups -OCH3 is 2. The maximum absolute atomic E-state index is 12.3. The van der Waals surface area contributed by atoms with Crippen LogP contribution in [-0.4, -0.2) is 36.3 Å². The summed E-state index contributed by atoms with van der Waals surface area (Å²) in [4.78, 5) is 33.1. The van der Waals surface area contributed by atoms with E-state index in [9.17, 15) is 9.59 Å². The number of nitrogens with one attached hydrogen (secondary N) is 2. The zero-order chi connectivity index (χ0) is 20.3. The molecule has 1 amide bonds. The fourth-order valence-electron chi connectivity index (χ4n) is 2.66. The number of amides is 1. The highest BCUT2D eigenvalue weighted by molar-refractivity contribution is 7.18. The van der Waals surface area contributed by atoms with E-state index in [-0.39, 0.29) is 12.0 Å². The average Bonchev–Trinajstić information content (AvgIpc) is 2.95. The Bertz CT molecular complexity index is 1090. The van der Waals surface area contributed by atoms with E-state index in [0.717, 1.165) is 10.4 Å². The van der Waals surface area contributed by atoms with Crippen molar-refractivity contribution in [2.45, 2.75) is 20.3 Å². The Hall–Kier alpha value is -3.20. The van der Waals surface area contributed by atoms with Crippen molar-refractivity contribution >= 4 is 33.7 Å². The Morgan fingerprint density at radius 3 is 2.57 bits per heavy atom. The summed E-state index contributed by atoms with van der Waals surface area (Å²) >= 11 is 1.44. The second kappa shape index (κ2) is 8.22. The van der Waals surface area contributed by atoms with Crippen LogP contribution in [0, 0.1) is 13.8 Å². The number of ether oxygens (including phenoxy) is 2. The van der Waals surface area contributed by atoms with E-state index in [4.69, 9.17) is 9.47 Å². The first kappa shape index (κ1) is 19.6. The number of hydrogen-bond acceptors (Lipinski definition) is 7. The number of aromatic nitrogens is 2. The summed E-state index contributed by atoms with van der Waals surface area (Å²) in [5.41, 5.74) is 3.82. The quantitative estimate of drug-likeness (QED) is 0.488. The van der Waals surface area contributed by atoms with Gasteiger partial charge < -0.3 is 14.5 Å². The molecule has 0 aliphatic rings. The number of hydrogen-bond donors (Lipinski definition) is 2. The third-order valence-electron chi connectivity index (χ3n) is 4.19. The summed E-state index contributed by atoms with van der Waals surface area (Å²) in [5.74, 6) is 1.14. The van der Waals surface area contributed by atoms with Crippen molar-refractivity contribution < 1.29 is 14.3 Å². The molecule has 2 aromatic heterocycles. The summed E-state index contributed by atoms with van der Waals surface area (Å²) in [7, 11) is 3.11. The Balaban J connectivity index is 1.70. The van der Waals surface area contributed by atoms with Crippen molar-refractivity contribution in [1.82, 2.24) is 15.4 Å². The monoisotopic (exact) mass is 400 g/mol. The highest BCUT2D eigenvalue weighted by Gasteiger charge is 2.13. The molecule has 0 saturated heterocycles. The molecular formula is C19H20N4O4S. The van der Waals surface area contributed by atoms with Crippen LogP contribution < -0.4 is 20.5 Å². The van der Waals surface area contributed by atoms with Gasteiger partial charge in [0.2, 0.25) is 5.91 Å². The van der Waals surface area contributed by atoms with Gasteiger partial charge in [-0.05, 0) is 31.5 Å². The number of aromatic amines is 1. The largest absolute Gasteiger partial charge is 0.497 e. The van der Waals surface area contributed by atoms with E-state index < -0.39 is 5.91 Å². The zero-order valence-corrected chi connectivity index (χ0v) is 16.8. The SMILES string of the molecule is COc1cc(/C=N\NC(=O)Cc2nc3sc(C)c(C)c3c(=O)[nH]2)cc(OC)c1. The molecule has 3 rings (SSSR count). The summed E-state index contributed by atoms with van der Waals surface area (Å²) in [6.45, 7) is 3.83. The van der Waals surface area contributed by atoms with Gasteiger partial charge in [0, 0.05) is 16.5 Å². The van der Waals surface area contributed by atoms with E-state index >= 15 is 0 Å². The maximum Gasteiger partial charge on any atom is 0.259 e. The highest BCUT2D eigenvalue weighted by atomic mass is 32.1. The first-order valence-corrected chi connectivity index (χ1v) is 9.26.